The van der Waals surface area contributed by atoms with Crippen LogP contribution in [0.5, 0.6) is 0 Å². The molecule has 3 atom stereocenters. The summed E-state index contributed by atoms with van der Waals surface area (Å²) in [6.45, 7) is 2.43. The third-order valence-corrected chi connectivity index (χ3v) is 13.6. The molecule has 0 saturated carbocycles. The number of carbonyl (C=O) groups excluding carboxylic acids is 2. The first-order valence-corrected chi connectivity index (χ1v) is 29.6. The number of hydrogen-bond acceptors (Lipinski definition) is 9. The maximum Gasteiger partial charge on any atom is 0.472 e. The molecule has 0 aromatic carbocycles. The van der Waals surface area contributed by atoms with Gasteiger partial charge in [-0.3, -0.25) is 18.6 Å². The molecule has 0 saturated heterocycles. The fraction of sp³-hybridized carbons (Fsp3) is 0.927. The second kappa shape index (κ2) is 51.6. The van der Waals surface area contributed by atoms with Gasteiger partial charge in [0.2, 0.25) is 0 Å². The molecule has 0 rings (SSSR count). The van der Waals surface area contributed by atoms with Crippen LogP contribution in [0.4, 0.5) is 0 Å². The van der Waals surface area contributed by atoms with Crippen LogP contribution in [-0.4, -0.2) is 65.7 Å². The van der Waals surface area contributed by atoms with Crippen LogP contribution < -0.4 is 0 Å². The lowest BCUT2D eigenvalue weighted by atomic mass is 10.0. The summed E-state index contributed by atoms with van der Waals surface area (Å²) >= 11 is 0. The minimum absolute atomic E-state index is 0.142. The van der Waals surface area contributed by atoms with Gasteiger partial charge in [-0.25, -0.2) is 4.57 Å². The van der Waals surface area contributed by atoms with Crippen LogP contribution in [0.15, 0.2) is 12.2 Å². The first kappa shape index (κ1) is 64.7. The molecule has 10 nitrogen and oxygen atoms in total. The SMILES string of the molecule is CCCCCCCCCCCCCCCCCCCC/C=C/CCCC(=O)O[C@H](COC(=O)CCCCCCCCCCCCCCCCCCCCCC)COP(=O)(O)OC[C@@H](O)CO. The lowest BCUT2D eigenvalue weighted by Gasteiger charge is -2.20. The Kier molecular flexibility index (Phi) is 50.5. The molecule has 66 heavy (non-hydrogen) atoms. The number of ether oxygens (including phenoxy) is 2. The van der Waals surface area contributed by atoms with E-state index in [2.05, 4.69) is 26.0 Å². The molecule has 0 spiro atoms. The minimum atomic E-state index is -4.63. The molecular formula is C55H107O10P. The first-order valence-electron chi connectivity index (χ1n) is 28.1. The van der Waals surface area contributed by atoms with Crippen molar-refractivity contribution in [1.29, 1.82) is 0 Å². The van der Waals surface area contributed by atoms with Crippen molar-refractivity contribution in [3.8, 4) is 0 Å². The molecule has 0 aromatic heterocycles. The zero-order valence-electron chi connectivity index (χ0n) is 43.2. The van der Waals surface area contributed by atoms with Gasteiger partial charge in [0.1, 0.15) is 12.7 Å². The van der Waals surface area contributed by atoms with Gasteiger partial charge in [-0.1, -0.05) is 257 Å². The molecule has 0 heterocycles. The second-order valence-corrected chi connectivity index (χ2v) is 20.8. The van der Waals surface area contributed by atoms with E-state index in [0.29, 0.717) is 12.8 Å². The van der Waals surface area contributed by atoms with Crippen molar-refractivity contribution in [2.24, 2.45) is 0 Å². The summed E-state index contributed by atoms with van der Waals surface area (Å²) in [6, 6.07) is 0. The number of carbonyl (C=O) groups is 2. The van der Waals surface area contributed by atoms with E-state index in [-0.39, 0.29) is 19.4 Å². The van der Waals surface area contributed by atoms with Crippen molar-refractivity contribution in [3.63, 3.8) is 0 Å². The summed E-state index contributed by atoms with van der Waals surface area (Å²) in [4.78, 5) is 35.2. The lowest BCUT2D eigenvalue weighted by Crippen LogP contribution is -2.29. The molecule has 0 radical (unpaired) electrons. The highest BCUT2D eigenvalue weighted by Crippen LogP contribution is 2.43. The number of aliphatic hydroxyl groups excluding tert-OH is 2. The Balaban J connectivity index is 4.11. The maximum absolute atomic E-state index is 12.7. The monoisotopic (exact) mass is 959 g/mol. The molecule has 11 heteroatoms. The molecule has 0 fully saturated rings. The van der Waals surface area contributed by atoms with Gasteiger partial charge >= 0.3 is 19.8 Å². The highest BCUT2D eigenvalue weighted by molar-refractivity contribution is 7.47. The molecule has 392 valence electrons. The first-order chi connectivity index (χ1) is 32.2. The lowest BCUT2D eigenvalue weighted by molar-refractivity contribution is -0.161. The van der Waals surface area contributed by atoms with Gasteiger partial charge in [0.15, 0.2) is 6.10 Å². The molecule has 3 N–H and O–H groups in total. The van der Waals surface area contributed by atoms with Gasteiger partial charge in [-0.15, -0.1) is 0 Å². The topological polar surface area (TPSA) is 149 Å². The quantitative estimate of drug-likeness (QED) is 0.0233. The largest absolute Gasteiger partial charge is 0.472 e. The van der Waals surface area contributed by atoms with Crippen molar-refractivity contribution in [3.05, 3.63) is 12.2 Å². The van der Waals surface area contributed by atoms with E-state index in [1.54, 1.807) is 0 Å². The molecule has 0 aromatic rings. The number of allylic oxidation sites excluding steroid dienone is 2. The van der Waals surface area contributed by atoms with Crippen LogP contribution in [0.3, 0.4) is 0 Å². The van der Waals surface area contributed by atoms with Crippen LogP contribution in [0.25, 0.3) is 0 Å². The summed E-state index contributed by atoms with van der Waals surface area (Å²) in [7, 11) is -4.63. The third-order valence-electron chi connectivity index (χ3n) is 12.7. The summed E-state index contributed by atoms with van der Waals surface area (Å²) in [5.41, 5.74) is 0. The van der Waals surface area contributed by atoms with Crippen LogP contribution >= 0.6 is 7.82 Å². The van der Waals surface area contributed by atoms with Crippen LogP contribution in [0.1, 0.15) is 290 Å². The summed E-state index contributed by atoms with van der Waals surface area (Å²) in [6.07, 6.45) is 54.9. The average molecular weight is 959 g/mol. The van der Waals surface area contributed by atoms with Crippen LogP contribution in [0.2, 0.25) is 0 Å². The zero-order valence-corrected chi connectivity index (χ0v) is 44.1. The fourth-order valence-electron chi connectivity index (χ4n) is 8.35. The smallest absolute Gasteiger partial charge is 0.462 e. The Morgan fingerprint density at radius 1 is 0.439 bits per heavy atom. The molecule has 0 amide bonds. The third kappa shape index (κ3) is 50.6. The average Bonchev–Trinajstić information content (AvgIpc) is 3.31. The number of phosphoric ester groups is 1. The van der Waals surface area contributed by atoms with Crippen LogP contribution in [-0.2, 0) is 32.7 Å². The predicted octanol–water partition coefficient (Wildman–Crippen LogP) is 16.3. The summed E-state index contributed by atoms with van der Waals surface area (Å²) in [5.74, 6) is -0.942. The second-order valence-electron chi connectivity index (χ2n) is 19.3. The summed E-state index contributed by atoms with van der Waals surface area (Å²) in [5, 5.41) is 18.4. The predicted molar refractivity (Wildman–Crippen MR) is 275 cm³/mol. The van der Waals surface area contributed by atoms with Crippen molar-refractivity contribution < 1.29 is 47.8 Å². The highest BCUT2D eigenvalue weighted by Gasteiger charge is 2.27. The van der Waals surface area contributed by atoms with E-state index in [1.807, 2.05) is 0 Å². The molecule has 0 bridgehead atoms. The van der Waals surface area contributed by atoms with E-state index in [4.69, 9.17) is 23.6 Å². The van der Waals surface area contributed by atoms with E-state index in [9.17, 15) is 24.2 Å². The van der Waals surface area contributed by atoms with Crippen molar-refractivity contribution >= 4 is 19.8 Å². The normalized spacial score (nSPS) is 13.6. The Hall–Kier alpha value is -1.29. The maximum atomic E-state index is 12.7. The Labute approximate surface area is 406 Å². The Bertz CT molecular complexity index is 1100. The molecular weight excluding hydrogens is 852 g/mol. The minimum Gasteiger partial charge on any atom is -0.462 e. The number of phosphoric acid groups is 1. The van der Waals surface area contributed by atoms with Crippen molar-refractivity contribution in [1.82, 2.24) is 0 Å². The number of hydrogen-bond donors (Lipinski definition) is 3. The number of unbranched alkanes of at least 4 members (excludes halogenated alkanes) is 38. The molecule has 0 aliphatic heterocycles. The van der Waals surface area contributed by atoms with Crippen LogP contribution in [0, 0.1) is 0 Å². The molecule has 1 unspecified atom stereocenters. The van der Waals surface area contributed by atoms with Gasteiger partial charge in [0.05, 0.1) is 19.8 Å². The van der Waals surface area contributed by atoms with E-state index < -0.39 is 51.8 Å². The highest BCUT2D eigenvalue weighted by atomic mass is 31.2. The zero-order chi connectivity index (χ0) is 48.3. The van der Waals surface area contributed by atoms with Crippen molar-refractivity contribution in [2.45, 2.75) is 302 Å². The van der Waals surface area contributed by atoms with Gasteiger partial charge < -0.3 is 24.6 Å². The molecule has 0 aliphatic rings. The van der Waals surface area contributed by atoms with Gasteiger partial charge in [0.25, 0.3) is 0 Å². The van der Waals surface area contributed by atoms with Gasteiger partial charge in [-0.2, -0.15) is 0 Å². The fourth-order valence-corrected chi connectivity index (χ4v) is 9.14. The van der Waals surface area contributed by atoms with E-state index in [1.165, 1.54) is 218 Å². The van der Waals surface area contributed by atoms with E-state index in [0.717, 1.165) is 32.1 Å². The number of rotatable bonds is 54. The van der Waals surface area contributed by atoms with Gasteiger partial charge in [0, 0.05) is 12.8 Å². The Morgan fingerprint density at radius 2 is 0.758 bits per heavy atom. The number of esters is 2. The molecule has 0 aliphatic carbocycles. The standard InChI is InChI=1S/C55H107O10P/c1-3-5-7-9-11-13-15-17-19-21-23-25-26-27-29-31-33-35-37-39-41-43-45-47-55(59)65-53(51-64-66(60,61)63-49-52(57)48-56)50-62-54(58)46-44-42-40-38-36-34-32-30-28-24-22-20-18-16-14-12-10-8-6-4-2/h39,41,52-53,56-57H,3-38,40,42-51H2,1-2H3,(H,60,61)/b41-39+/t52-,53+/m0/s1. The Morgan fingerprint density at radius 3 is 1.14 bits per heavy atom. The number of aliphatic hydroxyl groups is 2. The van der Waals surface area contributed by atoms with Crippen molar-refractivity contribution in [2.75, 3.05) is 26.4 Å². The summed E-state index contributed by atoms with van der Waals surface area (Å²) < 4.78 is 32.9. The van der Waals surface area contributed by atoms with E-state index >= 15 is 0 Å². The van der Waals surface area contributed by atoms with Gasteiger partial charge in [-0.05, 0) is 32.1 Å².